The minimum Gasteiger partial charge on any atom is -0.326 e. The van der Waals surface area contributed by atoms with E-state index in [0.29, 0.717) is 18.0 Å². The molecular weight excluding hydrogens is 196 g/mol. The molecule has 16 heavy (non-hydrogen) atoms. The van der Waals surface area contributed by atoms with Crippen LogP contribution in [0.25, 0.3) is 0 Å². The van der Waals surface area contributed by atoms with E-state index in [1.54, 1.807) is 0 Å². The Labute approximate surface area is 98.4 Å². The van der Waals surface area contributed by atoms with Gasteiger partial charge in [-0.25, -0.2) is 0 Å². The summed E-state index contributed by atoms with van der Waals surface area (Å²) in [5, 5.41) is 0. The molecule has 1 saturated heterocycles. The first-order chi connectivity index (χ1) is 7.68. The number of rotatable bonds is 3. The Morgan fingerprint density at radius 3 is 2.62 bits per heavy atom. The lowest BCUT2D eigenvalue weighted by molar-refractivity contribution is 0.221. The molecule has 1 aromatic rings. The third kappa shape index (κ3) is 2.45. The van der Waals surface area contributed by atoms with Crippen LogP contribution in [0.1, 0.15) is 31.9 Å². The van der Waals surface area contributed by atoms with Gasteiger partial charge in [-0.05, 0) is 17.9 Å². The molecule has 2 N–H and O–H groups in total. The average Bonchev–Trinajstić information content (AvgIpc) is 2.60. The SMILES string of the molecule is CC(C)CN1CCC(N)C1c1ccccc1. The lowest BCUT2D eigenvalue weighted by Gasteiger charge is -2.28. The molecule has 2 heteroatoms. The van der Waals surface area contributed by atoms with Gasteiger partial charge >= 0.3 is 0 Å². The minimum atomic E-state index is 0.293. The highest BCUT2D eigenvalue weighted by molar-refractivity contribution is 5.22. The predicted octanol–water partition coefficient (Wildman–Crippen LogP) is 2.42. The van der Waals surface area contributed by atoms with Gasteiger partial charge in [0.1, 0.15) is 0 Å². The molecule has 0 amide bonds. The van der Waals surface area contributed by atoms with Crippen molar-refractivity contribution in [1.82, 2.24) is 4.90 Å². The second-order valence-electron chi connectivity index (χ2n) is 5.20. The van der Waals surface area contributed by atoms with Crippen LogP contribution < -0.4 is 5.73 Å². The molecule has 0 bridgehead atoms. The van der Waals surface area contributed by atoms with E-state index in [9.17, 15) is 0 Å². The fraction of sp³-hybridized carbons (Fsp3) is 0.571. The molecule has 2 nitrogen and oxygen atoms in total. The molecule has 0 saturated carbocycles. The van der Waals surface area contributed by atoms with Crippen LogP contribution in [0, 0.1) is 5.92 Å². The van der Waals surface area contributed by atoms with Gasteiger partial charge in [0.05, 0.1) is 0 Å². The minimum absolute atomic E-state index is 0.293. The summed E-state index contributed by atoms with van der Waals surface area (Å²) in [6.45, 7) is 6.82. The van der Waals surface area contributed by atoms with Crippen molar-refractivity contribution in [2.45, 2.75) is 32.4 Å². The second kappa shape index (κ2) is 4.98. The number of nitrogens with two attached hydrogens (primary N) is 1. The molecule has 2 unspecified atom stereocenters. The molecular formula is C14H22N2. The second-order valence-corrected chi connectivity index (χ2v) is 5.20. The summed E-state index contributed by atoms with van der Waals surface area (Å²) < 4.78 is 0. The van der Waals surface area contributed by atoms with Crippen molar-refractivity contribution in [3.05, 3.63) is 35.9 Å². The normalized spacial score (nSPS) is 26.5. The van der Waals surface area contributed by atoms with E-state index >= 15 is 0 Å². The van der Waals surface area contributed by atoms with Crippen LogP contribution in [0.15, 0.2) is 30.3 Å². The Balaban J connectivity index is 2.16. The van der Waals surface area contributed by atoms with Gasteiger partial charge in [-0.1, -0.05) is 44.2 Å². The Hall–Kier alpha value is -0.860. The zero-order valence-electron chi connectivity index (χ0n) is 10.3. The van der Waals surface area contributed by atoms with Crippen LogP contribution in [0.4, 0.5) is 0 Å². The van der Waals surface area contributed by atoms with Gasteiger partial charge in [-0.2, -0.15) is 0 Å². The van der Waals surface area contributed by atoms with Gasteiger partial charge < -0.3 is 5.73 Å². The van der Waals surface area contributed by atoms with Crippen molar-refractivity contribution in [3.63, 3.8) is 0 Å². The molecule has 1 fully saturated rings. The largest absolute Gasteiger partial charge is 0.326 e. The van der Waals surface area contributed by atoms with E-state index in [1.807, 2.05) is 0 Å². The predicted molar refractivity (Wildman–Crippen MR) is 68.2 cm³/mol. The summed E-state index contributed by atoms with van der Waals surface area (Å²) in [6.07, 6.45) is 1.12. The maximum Gasteiger partial charge on any atom is 0.0499 e. The van der Waals surface area contributed by atoms with E-state index in [1.165, 1.54) is 5.56 Å². The maximum atomic E-state index is 6.24. The van der Waals surface area contributed by atoms with Crippen LogP contribution in [0.3, 0.4) is 0 Å². The van der Waals surface area contributed by atoms with Crippen LogP contribution >= 0.6 is 0 Å². The third-order valence-electron chi connectivity index (χ3n) is 3.29. The Morgan fingerprint density at radius 1 is 1.31 bits per heavy atom. The number of nitrogens with zero attached hydrogens (tertiary/aromatic N) is 1. The van der Waals surface area contributed by atoms with Crippen LogP contribution in [-0.4, -0.2) is 24.0 Å². The zero-order valence-corrected chi connectivity index (χ0v) is 10.3. The number of hydrogen-bond donors (Lipinski definition) is 1. The molecule has 1 heterocycles. The molecule has 2 atom stereocenters. The van der Waals surface area contributed by atoms with Crippen molar-refractivity contribution in [2.75, 3.05) is 13.1 Å². The van der Waals surface area contributed by atoms with E-state index in [4.69, 9.17) is 5.73 Å². The van der Waals surface area contributed by atoms with Crippen molar-refractivity contribution in [2.24, 2.45) is 11.7 Å². The van der Waals surface area contributed by atoms with Gasteiger partial charge in [-0.3, -0.25) is 4.90 Å². The first-order valence-electron chi connectivity index (χ1n) is 6.23. The average molecular weight is 218 g/mol. The topological polar surface area (TPSA) is 29.3 Å². The molecule has 0 aromatic heterocycles. The Morgan fingerprint density at radius 2 is 2.00 bits per heavy atom. The summed E-state index contributed by atoms with van der Waals surface area (Å²) >= 11 is 0. The fourth-order valence-electron chi connectivity index (χ4n) is 2.66. The van der Waals surface area contributed by atoms with Gasteiger partial charge in [0.15, 0.2) is 0 Å². The molecule has 0 radical (unpaired) electrons. The summed E-state index contributed by atoms with van der Waals surface area (Å²) in [4.78, 5) is 2.53. The van der Waals surface area contributed by atoms with Crippen LogP contribution in [-0.2, 0) is 0 Å². The first-order valence-corrected chi connectivity index (χ1v) is 6.23. The zero-order chi connectivity index (χ0) is 11.5. The molecule has 1 aliphatic rings. The highest BCUT2D eigenvalue weighted by atomic mass is 15.2. The highest BCUT2D eigenvalue weighted by Crippen LogP contribution is 2.31. The molecule has 0 spiro atoms. The standard InChI is InChI=1S/C14H22N2/c1-11(2)10-16-9-8-13(15)14(16)12-6-4-3-5-7-12/h3-7,11,13-14H,8-10,15H2,1-2H3. The summed E-state index contributed by atoms with van der Waals surface area (Å²) in [6, 6.07) is 11.4. The molecule has 0 aliphatic carbocycles. The summed E-state index contributed by atoms with van der Waals surface area (Å²) in [5.41, 5.74) is 7.60. The quantitative estimate of drug-likeness (QED) is 0.844. The van der Waals surface area contributed by atoms with Crippen LogP contribution in [0.2, 0.25) is 0 Å². The Bertz CT molecular complexity index is 321. The number of likely N-dealkylation sites (tertiary alicyclic amines) is 1. The lowest BCUT2D eigenvalue weighted by atomic mass is 10.0. The number of benzene rings is 1. The van der Waals surface area contributed by atoms with Crippen molar-refractivity contribution >= 4 is 0 Å². The van der Waals surface area contributed by atoms with E-state index in [0.717, 1.165) is 19.5 Å². The van der Waals surface area contributed by atoms with E-state index in [2.05, 4.69) is 49.1 Å². The lowest BCUT2D eigenvalue weighted by Crippen LogP contribution is -2.33. The van der Waals surface area contributed by atoms with Gasteiger partial charge in [0.25, 0.3) is 0 Å². The summed E-state index contributed by atoms with van der Waals surface area (Å²) in [7, 11) is 0. The van der Waals surface area contributed by atoms with Crippen molar-refractivity contribution in [1.29, 1.82) is 0 Å². The van der Waals surface area contributed by atoms with Gasteiger partial charge in [0, 0.05) is 25.2 Å². The molecule has 88 valence electrons. The van der Waals surface area contributed by atoms with Crippen LogP contribution in [0.5, 0.6) is 0 Å². The first kappa shape index (κ1) is 11.6. The smallest absolute Gasteiger partial charge is 0.0499 e. The molecule has 1 aromatic carbocycles. The third-order valence-corrected chi connectivity index (χ3v) is 3.29. The monoisotopic (exact) mass is 218 g/mol. The van der Waals surface area contributed by atoms with Crippen molar-refractivity contribution < 1.29 is 0 Å². The fourth-order valence-corrected chi connectivity index (χ4v) is 2.66. The molecule has 1 aliphatic heterocycles. The van der Waals surface area contributed by atoms with E-state index < -0.39 is 0 Å². The number of hydrogen-bond acceptors (Lipinski definition) is 2. The van der Waals surface area contributed by atoms with Crippen molar-refractivity contribution in [3.8, 4) is 0 Å². The molecule has 2 rings (SSSR count). The maximum absolute atomic E-state index is 6.24. The summed E-state index contributed by atoms with van der Waals surface area (Å²) in [5.74, 6) is 0.705. The Kier molecular flexibility index (Phi) is 3.62. The van der Waals surface area contributed by atoms with Gasteiger partial charge in [-0.15, -0.1) is 0 Å². The highest BCUT2D eigenvalue weighted by Gasteiger charge is 2.32. The van der Waals surface area contributed by atoms with E-state index in [-0.39, 0.29) is 0 Å². The van der Waals surface area contributed by atoms with Gasteiger partial charge in [0.2, 0.25) is 0 Å².